The number of rotatable bonds is 5. The second kappa shape index (κ2) is 7.93. The molecule has 0 bridgehead atoms. The third-order valence-corrected chi connectivity index (χ3v) is 3.16. The summed E-state index contributed by atoms with van der Waals surface area (Å²) in [6.45, 7) is 6.27. The van der Waals surface area contributed by atoms with Gasteiger partial charge in [-0.25, -0.2) is 0 Å². The van der Waals surface area contributed by atoms with Crippen molar-refractivity contribution in [2.45, 2.75) is 6.92 Å². The van der Waals surface area contributed by atoms with E-state index in [2.05, 4.69) is 6.58 Å². The van der Waals surface area contributed by atoms with Crippen molar-refractivity contribution in [2.24, 2.45) is 0 Å². The lowest BCUT2D eigenvalue weighted by Gasteiger charge is -2.08. The van der Waals surface area contributed by atoms with Crippen LogP contribution in [0, 0.1) is 0 Å². The number of carbonyl (C=O) groups excluding carboxylic acids is 1. The molecule has 0 radical (unpaired) electrons. The molecule has 112 valence electrons. The van der Waals surface area contributed by atoms with E-state index in [1.54, 1.807) is 17.6 Å². The fraction of sp³-hybridized carbons (Fsp3) is 0.158. The molecule has 0 saturated heterocycles. The maximum atomic E-state index is 12.4. The van der Waals surface area contributed by atoms with Crippen molar-refractivity contribution in [2.75, 3.05) is 13.2 Å². The molecule has 22 heavy (non-hydrogen) atoms. The van der Waals surface area contributed by atoms with Crippen molar-refractivity contribution in [3.63, 3.8) is 0 Å². The first-order valence-electron chi connectivity index (χ1n) is 7.31. The van der Waals surface area contributed by atoms with E-state index < -0.39 is 0 Å². The van der Waals surface area contributed by atoms with E-state index in [9.17, 15) is 4.79 Å². The van der Waals surface area contributed by atoms with Gasteiger partial charge in [0.05, 0.1) is 6.61 Å². The standard InChI is InChI=1S/C19H20NO2/c1-3-15-20(19(21)22-4-2)18(16-11-7-5-8-12-16)17-13-9-6-10-14-17/h3,5-14H,1,4,15H2,2H3/q+1. The Morgan fingerprint density at radius 3 is 1.95 bits per heavy atom. The van der Waals surface area contributed by atoms with Crippen LogP contribution in [-0.4, -0.2) is 29.5 Å². The molecule has 0 aliphatic carbocycles. The summed E-state index contributed by atoms with van der Waals surface area (Å²) in [5.74, 6) is 0. The number of carbonyl (C=O) groups is 1. The second-order valence-electron chi connectivity index (χ2n) is 4.68. The predicted molar refractivity (Wildman–Crippen MR) is 88.4 cm³/mol. The second-order valence-corrected chi connectivity index (χ2v) is 4.68. The summed E-state index contributed by atoms with van der Waals surface area (Å²) in [5, 5.41) is 0. The van der Waals surface area contributed by atoms with E-state index in [0.717, 1.165) is 16.8 Å². The van der Waals surface area contributed by atoms with Crippen LogP contribution in [0.4, 0.5) is 4.79 Å². The van der Waals surface area contributed by atoms with Crippen LogP contribution in [0.1, 0.15) is 18.1 Å². The van der Waals surface area contributed by atoms with Gasteiger partial charge < -0.3 is 4.74 Å². The maximum absolute atomic E-state index is 12.4. The summed E-state index contributed by atoms with van der Waals surface area (Å²) in [5.41, 5.74) is 2.74. The van der Waals surface area contributed by atoms with Crippen LogP contribution in [0.3, 0.4) is 0 Å². The first-order chi connectivity index (χ1) is 10.8. The monoisotopic (exact) mass is 294 g/mol. The van der Waals surface area contributed by atoms with Crippen LogP contribution in [0.25, 0.3) is 0 Å². The average Bonchev–Trinajstić information content (AvgIpc) is 2.56. The van der Waals surface area contributed by atoms with Crippen molar-refractivity contribution in [3.05, 3.63) is 84.4 Å². The number of nitrogens with zero attached hydrogens (tertiary/aromatic N) is 1. The minimum absolute atomic E-state index is 0.337. The van der Waals surface area contributed by atoms with E-state index in [0.29, 0.717) is 13.2 Å². The van der Waals surface area contributed by atoms with Gasteiger partial charge in [0.2, 0.25) is 5.71 Å². The van der Waals surface area contributed by atoms with Gasteiger partial charge in [-0.1, -0.05) is 43.0 Å². The zero-order valence-electron chi connectivity index (χ0n) is 12.7. The minimum atomic E-state index is -0.370. The third kappa shape index (κ3) is 3.70. The quantitative estimate of drug-likeness (QED) is 0.476. The SMILES string of the molecule is C=CC[N+](C(=O)OCC)=C(c1ccccc1)c1ccccc1. The van der Waals surface area contributed by atoms with Crippen LogP contribution >= 0.6 is 0 Å². The fourth-order valence-electron chi connectivity index (χ4n) is 2.26. The van der Waals surface area contributed by atoms with Crippen LogP contribution in [0.5, 0.6) is 0 Å². The van der Waals surface area contributed by atoms with Gasteiger partial charge in [0.25, 0.3) is 0 Å². The molecular formula is C19H20NO2+. The van der Waals surface area contributed by atoms with Gasteiger partial charge in [-0.2, -0.15) is 4.79 Å². The number of ether oxygens (including phenoxy) is 1. The van der Waals surface area contributed by atoms with Gasteiger partial charge in [0.1, 0.15) is 0 Å². The highest BCUT2D eigenvalue weighted by Crippen LogP contribution is 2.12. The Balaban J connectivity index is 2.66. The Morgan fingerprint density at radius 2 is 1.55 bits per heavy atom. The molecule has 0 fully saturated rings. The topological polar surface area (TPSA) is 29.3 Å². The highest BCUT2D eigenvalue weighted by Gasteiger charge is 2.26. The lowest BCUT2D eigenvalue weighted by molar-refractivity contribution is -0.434. The molecule has 0 saturated carbocycles. The van der Waals surface area contributed by atoms with Crippen molar-refractivity contribution in [1.29, 1.82) is 0 Å². The molecule has 0 aromatic heterocycles. The zero-order chi connectivity index (χ0) is 15.8. The molecule has 3 heteroatoms. The Labute approximate surface area is 131 Å². The molecule has 2 aromatic carbocycles. The summed E-state index contributed by atoms with van der Waals surface area (Å²) in [4.78, 5) is 12.4. The highest BCUT2D eigenvalue weighted by atomic mass is 16.5. The van der Waals surface area contributed by atoms with Gasteiger partial charge in [0, 0.05) is 11.1 Å². The van der Waals surface area contributed by atoms with E-state index >= 15 is 0 Å². The number of amides is 1. The van der Waals surface area contributed by atoms with Crippen molar-refractivity contribution in [3.8, 4) is 0 Å². The van der Waals surface area contributed by atoms with E-state index in [1.165, 1.54) is 0 Å². The first-order valence-corrected chi connectivity index (χ1v) is 7.31. The predicted octanol–water partition coefficient (Wildman–Crippen LogP) is 3.88. The number of hydrogen-bond donors (Lipinski definition) is 0. The van der Waals surface area contributed by atoms with E-state index in [-0.39, 0.29) is 6.09 Å². The minimum Gasteiger partial charge on any atom is -0.412 e. The zero-order valence-corrected chi connectivity index (χ0v) is 12.7. The summed E-state index contributed by atoms with van der Waals surface area (Å²) in [7, 11) is 0. The summed E-state index contributed by atoms with van der Waals surface area (Å²) in [6, 6.07) is 19.7. The summed E-state index contributed by atoms with van der Waals surface area (Å²) in [6.07, 6.45) is 1.33. The highest BCUT2D eigenvalue weighted by molar-refractivity contribution is 6.11. The Kier molecular flexibility index (Phi) is 5.66. The van der Waals surface area contributed by atoms with Gasteiger partial charge in [-0.15, -0.1) is 4.58 Å². The van der Waals surface area contributed by atoms with Crippen molar-refractivity contribution >= 4 is 11.8 Å². The lowest BCUT2D eigenvalue weighted by Crippen LogP contribution is -2.30. The van der Waals surface area contributed by atoms with Gasteiger partial charge in [-0.05, 0) is 37.3 Å². The van der Waals surface area contributed by atoms with Crippen molar-refractivity contribution in [1.82, 2.24) is 0 Å². The lowest BCUT2D eigenvalue weighted by atomic mass is 10.0. The normalized spacial score (nSPS) is 9.86. The number of benzene rings is 2. The molecule has 0 heterocycles. The Hall–Kier alpha value is -2.68. The molecule has 0 aliphatic rings. The maximum Gasteiger partial charge on any atom is 0.597 e. The average molecular weight is 294 g/mol. The summed E-state index contributed by atoms with van der Waals surface area (Å²) >= 11 is 0. The third-order valence-electron chi connectivity index (χ3n) is 3.16. The van der Waals surface area contributed by atoms with Gasteiger partial charge >= 0.3 is 6.09 Å². The van der Waals surface area contributed by atoms with Gasteiger partial charge in [-0.3, -0.25) is 0 Å². The molecule has 0 atom stereocenters. The molecular weight excluding hydrogens is 274 g/mol. The molecule has 2 aromatic rings. The molecule has 0 aliphatic heterocycles. The van der Waals surface area contributed by atoms with Crippen LogP contribution < -0.4 is 0 Å². The van der Waals surface area contributed by atoms with Crippen LogP contribution in [-0.2, 0) is 4.74 Å². The summed E-state index contributed by atoms with van der Waals surface area (Å²) < 4.78 is 6.81. The fourth-order valence-corrected chi connectivity index (χ4v) is 2.26. The molecule has 0 spiro atoms. The molecule has 0 N–H and O–H groups in total. The largest absolute Gasteiger partial charge is 0.597 e. The molecule has 2 rings (SSSR count). The Morgan fingerprint density at radius 1 is 1.05 bits per heavy atom. The van der Waals surface area contributed by atoms with E-state index in [4.69, 9.17) is 4.74 Å². The van der Waals surface area contributed by atoms with Crippen LogP contribution in [0.2, 0.25) is 0 Å². The smallest absolute Gasteiger partial charge is 0.412 e. The molecule has 1 amide bonds. The van der Waals surface area contributed by atoms with Crippen LogP contribution in [0.15, 0.2) is 73.3 Å². The number of hydrogen-bond acceptors (Lipinski definition) is 2. The van der Waals surface area contributed by atoms with Crippen molar-refractivity contribution < 1.29 is 14.1 Å². The Bertz CT molecular complexity index is 619. The molecule has 0 unspecified atom stereocenters. The molecule has 3 nitrogen and oxygen atoms in total. The van der Waals surface area contributed by atoms with E-state index in [1.807, 2.05) is 60.7 Å². The first kappa shape index (κ1) is 15.7. The van der Waals surface area contributed by atoms with Gasteiger partial charge in [0.15, 0.2) is 6.54 Å².